The molecule has 0 spiro atoms. The van der Waals surface area contributed by atoms with Crippen LogP contribution in [0, 0.1) is 61.3 Å². The number of allylic oxidation sites excluding steroid dienone is 2. The minimum Gasteiger partial charge on any atom is -0.506 e. The highest BCUT2D eigenvalue weighted by atomic mass is 79.9. The number of aryl methyl sites for hydroxylation is 1. The number of aromatic carboxylic acids is 1. The van der Waals surface area contributed by atoms with E-state index in [9.17, 15) is 34.2 Å². The number of carbonyl (C=O) groups is 5. The molecule has 14 heteroatoms. The molecule has 55 heavy (non-hydrogen) atoms. The van der Waals surface area contributed by atoms with Gasteiger partial charge in [-0.15, -0.1) is 0 Å². The molecule has 3 N–H and O–H groups in total. The number of nitrogens with one attached hydrogen (secondary N) is 1. The fourth-order valence-corrected chi connectivity index (χ4v) is 7.37. The van der Waals surface area contributed by atoms with Crippen LogP contribution in [0.3, 0.4) is 0 Å². The predicted molar refractivity (Wildman–Crippen MR) is 204 cm³/mol. The molecule has 1 aromatic heterocycles. The van der Waals surface area contributed by atoms with Crippen LogP contribution in [0.15, 0.2) is 46.4 Å². The van der Waals surface area contributed by atoms with Crippen molar-refractivity contribution in [3.8, 4) is 34.1 Å². The Bertz CT molecular complexity index is 2380. The number of esters is 3. The minimum atomic E-state index is -1.11. The summed E-state index contributed by atoms with van der Waals surface area (Å²) < 4.78 is 22.8. The van der Waals surface area contributed by atoms with E-state index in [4.69, 9.17) is 18.9 Å². The first-order valence-corrected chi connectivity index (χ1v) is 17.7. The van der Waals surface area contributed by atoms with Crippen molar-refractivity contribution in [2.24, 2.45) is 5.92 Å². The first-order chi connectivity index (χ1) is 25.8. The molecule has 0 saturated carbocycles. The average molecular weight is 816 g/mol. The number of aromatic hydroxyl groups is 1. The van der Waals surface area contributed by atoms with E-state index in [0.29, 0.717) is 55.6 Å². The summed E-state index contributed by atoms with van der Waals surface area (Å²) in [6.45, 7) is 14.8. The predicted octanol–water partition coefficient (Wildman–Crippen LogP) is 7.73. The number of methoxy groups -OCH3 is 1. The number of hydrogen-bond donors (Lipinski definition) is 3. The molecule has 0 saturated heterocycles. The lowest BCUT2D eigenvalue weighted by molar-refractivity contribution is -0.137. The van der Waals surface area contributed by atoms with Crippen molar-refractivity contribution in [2.75, 3.05) is 7.11 Å². The minimum absolute atomic E-state index is 0.0309. The maximum atomic E-state index is 13.9. The van der Waals surface area contributed by atoms with E-state index in [1.807, 2.05) is 0 Å². The molecule has 286 valence electrons. The summed E-state index contributed by atoms with van der Waals surface area (Å²) in [5.74, 6) is -4.95. The molecule has 0 amide bonds. The number of H-pyrrole nitrogens is 1. The third-order valence-corrected chi connectivity index (χ3v) is 10.8. The summed E-state index contributed by atoms with van der Waals surface area (Å²) in [5.41, 5.74) is 4.79. The maximum absolute atomic E-state index is 13.9. The van der Waals surface area contributed by atoms with E-state index < -0.39 is 35.5 Å². The van der Waals surface area contributed by atoms with Crippen molar-refractivity contribution in [3.63, 3.8) is 0 Å². The van der Waals surface area contributed by atoms with Gasteiger partial charge in [0.25, 0.3) is 0 Å². The highest BCUT2D eigenvalue weighted by Crippen LogP contribution is 2.44. The Morgan fingerprint density at radius 2 is 1.36 bits per heavy atom. The second kappa shape index (κ2) is 15.4. The summed E-state index contributed by atoms with van der Waals surface area (Å²) in [4.78, 5) is 65.2. The maximum Gasteiger partial charge on any atom is 0.347 e. The van der Waals surface area contributed by atoms with E-state index in [2.05, 4.69) is 26.1 Å². The number of ether oxygens (including phenoxy) is 4. The zero-order valence-corrected chi connectivity index (χ0v) is 33.4. The molecule has 4 aromatic rings. The zero-order valence-electron chi connectivity index (χ0n) is 31.9. The van der Waals surface area contributed by atoms with E-state index in [1.165, 1.54) is 31.5 Å². The lowest BCUT2D eigenvalue weighted by atomic mass is 9.89. The summed E-state index contributed by atoms with van der Waals surface area (Å²) in [7, 11) is 1.34. The van der Waals surface area contributed by atoms with Crippen LogP contribution >= 0.6 is 15.9 Å². The first kappa shape index (κ1) is 40.2. The van der Waals surface area contributed by atoms with Crippen LogP contribution in [0.25, 0.3) is 11.1 Å². The molecular weight excluding hydrogens is 776 g/mol. The fraction of sp³-hybridized carbons (Fsp3) is 0.268. The topological polar surface area (TPSA) is 191 Å². The Morgan fingerprint density at radius 3 is 1.96 bits per heavy atom. The molecule has 0 fully saturated rings. The van der Waals surface area contributed by atoms with Crippen LogP contribution in [-0.2, 0) is 14.3 Å². The number of phenolic OH excluding ortho intramolecular Hbond substituents is 1. The Hall–Kier alpha value is -6.02. The summed E-state index contributed by atoms with van der Waals surface area (Å²) in [5, 5.41) is 27.9. The third-order valence-electron chi connectivity index (χ3n) is 10.1. The zero-order chi connectivity index (χ0) is 40.8. The number of nitrogens with zero attached hydrogens (tertiary/aromatic N) is 1. The number of halogens is 1. The number of phenols is 1. The highest BCUT2D eigenvalue weighted by molar-refractivity contribution is 9.10. The number of rotatable bonds is 9. The SMILES string of the molecule is COC1=CC(=O)C=C(C)C1C(=O)Oc1c(C)c(C)c(C(=O)Oc2cc(C)c(C(=O)Oc3c(C)c(C)c(C(=O)O)c(C)c3-c3cn[nH]c3)c(C)c2C)c(O)c1Br. The molecule has 1 aliphatic carbocycles. The van der Waals surface area contributed by atoms with Crippen LogP contribution in [0.5, 0.6) is 23.0 Å². The molecule has 0 aliphatic heterocycles. The van der Waals surface area contributed by atoms with Crippen LogP contribution in [0.4, 0.5) is 0 Å². The second-order valence-electron chi connectivity index (χ2n) is 13.4. The third kappa shape index (κ3) is 7.17. The molecule has 0 bridgehead atoms. The van der Waals surface area contributed by atoms with Crippen LogP contribution in [-0.4, -0.2) is 57.2 Å². The van der Waals surface area contributed by atoms with Gasteiger partial charge in [-0.05, 0) is 140 Å². The molecule has 1 atom stereocenters. The van der Waals surface area contributed by atoms with Gasteiger partial charge >= 0.3 is 23.9 Å². The molecule has 0 radical (unpaired) electrons. The summed E-state index contributed by atoms with van der Waals surface area (Å²) >= 11 is 3.28. The van der Waals surface area contributed by atoms with E-state index in [-0.39, 0.29) is 55.5 Å². The monoisotopic (exact) mass is 814 g/mol. The van der Waals surface area contributed by atoms with Gasteiger partial charge in [0.05, 0.1) is 24.4 Å². The number of aromatic nitrogens is 2. The van der Waals surface area contributed by atoms with E-state index in [1.54, 1.807) is 68.5 Å². The van der Waals surface area contributed by atoms with Gasteiger partial charge in [-0.2, -0.15) is 5.10 Å². The fourth-order valence-electron chi connectivity index (χ4n) is 6.79. The summed E-state index contributed by atoms with van der Waals surface area (Å²) in [6.07, 6.45) is 5.60. The Kier molecular flexibility index (Phi) is 11.2. The lowest BCUT2D eigenvalue weighted by Crippen LogP contribution is -2.28. The van der Waals surface area contributed by atoms with Crippen molar-refractivity contribution in [1.82, 2.24) is 10.2 Å². The number of carboxylic acids is 1. The molecule has 3 aromatic carbocycles. The van der Waals surface area contributed by atoms with Crippen molar-refractivity contribution < 1.29 is 53.1 Å². The number of benzene rings is 3. The average Bonchev–Trinajstić information content (AvgIpc) is 3.64. The van der Waals surface area contributed by atoms with Crippen LogP contribution in [0.2, 0.25) is 0 Å². The number of carbonyl (C=O) groups excluding carboxylic acids is 4. The van der Waals surface area contributed by atoms with Crippen molar-refractivity contribution in [2.45, 2.75) is 62.3 Å². The number of aromatic amines is 1. The van der Waals surface area contributed by atoms with Gasteiger partial charge in [0.15, 0.2) is 11.5 Å². The van der Waals surface area contributed by atoms with Gasteiger partial charge in [-0.25, -0.2) is 14.4 Å². The normalized spacial score (nSPS) is 13.9. The molecular formula is C41H39BrN2O11. The van der Waals surface area contributed by atoms with E-state index in [0.717, 1.165) is 0 Å². The van der Waals surface area contributed by atoms with Crippen molar-refractivity contribution in [1.29, 1.82) is 0 Å². The molecule has 1 aliphatic rings. The van der Waals surface area contributed by atoms with Gasteiger partial charge in [0.1, 0.15) is 39.0 Å². The Balaban J connectivity index is 1.46. The second-order valence-corrected chi connectivity index (χ2v) is 14.1. The van der Waals surface area contributed by atoms with Gasteiger partial charge in [-0.1, -0.05) is 0 Å². The smallest absolute Gasteiger partial charge is 0.347 e. The molecule has 1 unspecified atom stereocenters. The summed E-state index contributed by atoms with van der Waals surface area (Å²) in [6, 6.07) is 1.51. The Morgan fingerprint density at radius 1 is 0.764 bits per heavy atom. The van der Waals surface area contributed by atoms with Crippen molar-refractivity contribution in [3.05, 3.63) is 108 Å². The van der Waals surface area contributed by atoms with E-state index >= 15 is 0 Å². The lowest BCUT2D eigenvalue weighted by Gasteiger charge is -2.23. The largest absolute Gasteiger partial charge is 0.506 e. The number of hydrogen-bond acceptors (Lipinski definition) is 11. The van der Waals surface area contributed by atoms with Gasteiger partial charge in [-0.3, -0.25) is 14.7 Å². The Labute approximate surface area is 325 Å². The standard InChI is InChI=1S/C41H39BrN2O11/c1-16-11-26(45)13-28(52-10)30(16)40(50)55-37-23(8)21(6)33(35(46)34(37)42)41(51)53-27-12-17(2)29(19(4)18(27)3)39(49)54-36-22(7)20(5)31(38(47)48)24(9)32(36)25-14-43-44-15-25/h11-15,30,46H,1-10H3,(H,43,44)(H,47,48). The first-order valence-electron chi connectivity index (χ1n) is 16.9. The van der Waals surface area contributed by atoms with Crippen LogP contribution in [0.1, 0.15) is 82.5 Å². The van der Waals surface area contributed by atoms with Gasteiger partial charge in [0, 0.05) is 23.4 Å². The molecule has 13 nitrogen and oxygen atoms in total. The van der Waals surface area contributed by atoms with Crippen LogP contribution < -0.4 is 14.2 Å². The highest BCUT2D eigenvalue weighted by Gasteiger charge is 2.34. The van der Waals surface area contributed by atoms with Gasteiger partial charge in [0.2, 0.25) is 0 Å². The molecule has 1 heterocycles. The quantitative estimate of drug-likeness (QED) is 0.110. The number of ketones is 1. The van der Waals surface area contributed by atoms with Gasteiger partial charge < -0.3 is 29.2 Å². The number of carboxylic acid groups (broad SMARTS) is 1. The molecule has 5 rings (SSSR count). The van der Waals surface area contributed by atoms with Crippen molar-refractivity contribution >= 4 is 45.6 Å².